The van der Waals surface area contributed by atoms with Crippen molar-refractivity contribution >= 4 is 35.9 Å². The predicted octanol–water partition coefficient (Wildman–Crippen LogP) is 2.65. The molecular formula is C21H30ClN3O4. The van der Waals surface area contributed by atoms with E-state index in [0.29, 0.717) is 35.7 Å². The zero-order chi connectivity index (χ0) is 20.1. The number of halogens is 1. The second-order valence-corrected chi connectivity index (χ2v) is 7.75. The minimum atomic E-state index is -0.716. The second-order valence-electron chi connectivity index (χ2n) is 7.75. The molecule has 3 atom stereocenters. The van der Waals surface area contributed by atoms with Crippen LogP contribution in [-0.4, -0.2) is 42.5 Å². The highest BCUT2D eigenvalue weighted by Crippen LogP contribution is 2.32. The van der Waals surface area contributed by atoms with Crippen molar-refractivity contribution < 1.29 is 19.1 Å². The maximum atomic E-state index is 12.4. The zero-order valence-corrected chi connectivity index (χ0v) is 17.7. The topological polar surface area (TPSA) is 96.5 Å². The molecule has 29 heavy (non-hydrogen) atoms. The Balaban J connectivity index is 0.00000300. The summed E-state index contributed by atoms with van der Waals surface area (Å²) < 4.78 is 4.88. The number of hydrogen-bond acceptors (Lipinski definition) is 5. The third-order valence-corrected chi connectivity index (χ3v) is 5.46. The van der Waals surface area contributed by atoms with E-state index in [1.807, 2.05) is 0 Å². The third kappa shape index (κ3) is 6.44. The maximum absolute atomic E-state index is 12.4. The SMILES string of the molecule is CCOC(=O)C(C)NC(=O)c1ccc(NC(=O)CC2CC3CCC(C2)N3)cc1.Cl. The van der Waals surface area contributed by atoms with Crippen molar-refractivity contribution in [2.75, 3.05) is 11.9 Å². The fourth-order valence-corrected chi connectivity index (χ4v) is 4.13. The number of nitrogens with one attached hydrogen (secondary N) is 3. The lowest BCUT2D eigenvalue weighted by Gasteiger charge is -2.28. The number of ether oxygens (including phenoxy) is 1. The third-order valence-electron chi connectivity index (χ3n) is 5.46. The predicted molar refractivity (Wildman–Crippen MR) is 113 cm³/mol. The van der Waals surface area contributed by atoms with Gasteiger partial charge in [-0.2, -0.15) is 0 Å². The van der Waals surface area contributed by atoms with Crippen molar-refractivity contribution in [1.82, 2.24) is 10.6 Å². The van der Waals surface area contributed by atoms with Gasteiger partial charge in [-0.3, -0.25) is 9.59 Å². The van der Waals surface area contributed by atoms with E-state index in [1.165, 1.54) is 12.8 Å². The number of carbonyl (C=O) groups is 3. The molecule has 8 heteroatoms. The van der Waals surface area contributed by atoms with Crippen molar-refractivity contribution in [3.63, 3.8) is 0 Å². The van der Waals surface area contributed by atoms with Crippen molar-refractivity contribution in [3.05, 3.63) is 29.8 Å². The van der Waals surface area contributed by atoms with Crippen LogP contribution in [0.5, 0.6) is 0 Å². The van der Waals surface area contributed by atoms with Crippen LogP contribution in [0.2, 0.25) is 0 Å². The maximum Gasteiger partial charge on any atom is 0.328 e. The van der Waals surface area contributed by atoms with Crippen LogP contribution in [0.15, 0.2) is 24.3 Å². The highest BCUT2D eigenvalue weighted by molar-refractivity contribution is 5.97. The first-order valence-electron chi connectivity index (χ1n) is 10.1. The second kappa shape index (κ2) is 10.6. The van der Waals surface area contributed by atoms with E-state index < -0.39 is 12.0 Å². The molecule has 1 aromatic carbocycles. The molecule has 2 saturated heterocycles. The van der Waals surface area contributed by atoms with Gasteiger partial charge in [-0.15, -0.1) is 12.4 Å². The van der Waals surface area contributed by atoms with Gasteiger partial charge in [0.15, 0.2) is 0 Å². The molecule has 0 radical (unpaired) electrons. The molecule has 160 valence electrons. The lowest BCUT2D eigenvalue weighted by molar-refractivity contribution is -0.144. The number of fused-ring (bicyclic) bond motifs is 2. The summed E-state index contributed by atoms with van der Waals surface area (Å²) in [5.74, 6) is -0.373. The Labute approximate surface area is 177 Å². The fraction of sp³-hybridized carbons (Fsp3) is 0.571. The van der Waals surface area contributed by atoms with Gasteiger partial charge in [-0.05, 0) is 69.7 Å². The van der Waals surface area contributed by atoms with E-state index in [4.69, 9.17) is 4.74 Å². The van der Waals surface area contributed by atoms with Gasteiger partial charge in [0, 0.05) is 29.8 Å². The number of rotatable bonds is 7. The largest absolute Gasteiger partial charge is 0.464 e. The number of hydrogen-bond donors (Lipinski definition) is 3. The normalized spacial score (nSPS) is 23.4. The first-order valence-corrected chi connectivity index (χ1v) is 10.1. The Hall–Kier alpha value is -2.12. The van der Waals surface area contributed by atoms with Crippen LogP contribution in [0, 0.1) is 5.92 Å². The van der Waals surface area contributed by atoms with E-state index in [9.17, 15) is 14.4 Å². The van der Waals surface area contributed by atoms with Crippen LogP contribution < -0.4 is 16.0 Å². The highest BCUT2D eigenvalue weighted by atomic mass is 35.5. The summed E-state index contributed by atoms with van der Waals surface area (Å²) in [5, 5.41) is 9.11. The standard InChI is InChI=1S/C21H29N3O4.ClH/c1-3-28-21(27)13(2)22-20(26)15-4-6-16(7-5-15)24-19(25)12-14-10-17-8-9-18(11-14)23-17;/h4-7,13-14,17-18,23H,3,8-12H2,1-2H3,(H,22,26)(H,24,25);1H. The fourth-order valence-electron chi connectivity index (χ4n) is 4.13. The van der Waals surface area contributed by atoms with Gasteiger partial charge in [0.1, 0.15) is 6.04 Å². The molecule has 2 heterocycles. The molecule has 3 unspecified atom stereocenters. The van der Waals surface area contributed by atoms with Gasteiger partial charge < -0.3 is 20.7 Å². The summed E-state index contributed by atoms with van der Waals surface area (Å²) in [4.78, 5) is 36.2. The molecule has 3 rings (SSSR count). The summed E-state index contributed by atoms with van der Waals surface area (Å²) in [7, 11) is 0. The Morgan fingerprint density at radius 2 is 1.76 bits per heavy atom. The molecule has 1 aromatic rings. The monoisotopic (exact) mass is 423 g/mol. The summed E-state index contributed by atoms with van der Waals surface area (Å²) >= 11 is 0. The van der Waals surface area contributed by atoms with Crippen LogP contribution in [0.4, 0.5) is 5.69 Å². The van der Waals surface area contributed by atoms with Gasteiger partial charge in [0.05, 0.1) is 6.61 Å². The van der Waals surface area contributed by atoms with Gasteiger partial charge in [-0.25, -0.2) is 4.79 Å². The lowest BCUT2D eigenvalue weighted by Crippen LogP contribution is -2.39. The van der Waals surface area contributed by atoms with Crippen LogP contribution in [0.1, 0.15) is 56.3 Å². The average molecular weight is 424 g/mol. The molecule has 2 fully saturated rings. The van der Waals surface area contributed by atoms with Gasteiger partial charge in [-0.1, -0.05) is 0 Å². The Kier molecular flexibility index (Phi) is 8.46. The Morgan fingerprint density at radius 3 is 2.34 bits per heavy atom. The van der Waals surface area contributed by atoms with Crippen molar-refractivity contribution in [3.8, 4) is 0 Å². The van der Waals surface area contributed by atoms with Crippen LogP contribution in [-0.2, 0) is 14.3 Å². The van der Waals surface area contributed by atoms with Crippen LogP contribution >= 0.6 is 12.4 Å². The molecule has 7 nitrogen and oxygen atoms in total. The number of carbonyl (C=O) groups excluding carboxylic acids is 3. The number of anilines is 1. The highest BCUT2D eigenvalue weighted by Gasteiger charge is 2.34. The van der Waals surface area contributed by atoms with Crippen LogP contribution in [0.3, 0.4) is 0 Å². The Morgan fingerprint density at radius 1 is 1.14 bits per heavy atom. The lowest BCUT2D eigenvalue weighted by atomic mass is 9.89. The smallest absolute Gasteiger partial charge is 0.328 e. The number of benzene rings is 1. The van der Waals surface area contributed by atoms with Crippen molar-refractivity contribution in [2.45, 2.75) is 64.1 Å². The minimum Gasteiger partial charge on any atom is -0.464 e. The van der Waals surface area contributed by atoms with Crippen molar-refractivity contribution in [1.29, 1.82) is 0 Å². The quantitative estimate of drug-likeness (QED) is 0.586. The number of piperidine rings is 1. The zero-order valence-electron chi connectivity index (χ0n) is 16.9. The first kappa shape index (κ1) is 23.2. The average Bonchev–Trinajstić information content (AvgIpc) is 3.00. The molecule has 2 aliphatic heterocycles. The Bertz CT molecular complexity index is 713. The molecule has 0 saturated carbocycles. The minimum absolute atomic E-state index is 0. The van der Waals surface area contributed by atoms with E-state index >= 15 is 0 Å². The molecule has 2 amide bonds. The van der Waals surface area contributed by atoms with Crippen LogP contribution in [0.25, 0.3) is 0 Å². The van der Waals surface area contributed by atoms with E-state index in [2.05, 4.69) is 16.0 Å². The summed E-state index contributed by atoms with van der Waals surface area (Å²) in [6.45, 7) is 3.57. The first-order chi connectivity index (χ1) is 13.4. The van der Waals surface area contributed by atoms with Gasteiger partial charge in [0.25, 0.3) is 5.91 Å². The number of esters is 1. The van der Waals surface area contributed by atoms with Gasteiger partial charge in [0.2, 0.25) is 5.91 Å². The molecule has 2 aliphatic rings. The molecule has 2 bridgehead atoms. The molecule has 3 N–H and O–H groups in total. The number of amides is 2. The van der Waals surface area contributed by atoms with E-state index in [1.54, 1.807) is 38.1 Å². The molecule has 0 spiro atoms. The van der Waals surface area contributed by atoms with E-state index in [-0.39, 0.29) is 30.8 Å². The van der Waals surface area contributed by atoms with Gasteiger partial charge >= 0.3 is 5.97 Å². The molecule has 0 aromatic heterocycles. The van der Waals surface area contributed by atoms with E-state index in [0.717, 1.165) is 12.8 Å². The van der Waals surface area contributed by atoms with Crippen molar-refractivity contribution in [2.24, 2.45) is 5.92 Å². The molecule has 0 aliphatic carbocycles. The summed E-state index contributed by atoms with van der Waals surface area (Å²) in [5.41, 5.74) is 1.08. The summed E-state index contributed by atoms with van der Waals surface area (Å²) in [6, 6.07) is 7.10. The molecular weight excluding hydrogens is 394 g/mol. The summed E-state index contributed by atoms with van der Waals surface area (Å²) in [6.07, 6.45) is 5.12.